The number of para-hydroxylation sites is 1. The van der Waals surface area contributed by atoms with Crippen molar-refractivity contribution in [2.75, 3.05) is 4.90 Å². The molecule has 196 valence electrons. The van der Waals surface area contributed by atoms with E-state index in [4.69, 9.17) is 9.16 Å². The lowest BCUT2D eigenvalue weighted by molar-refractivity contribution is -0.128. The van der Waals surface area contributed by atoms with Gasteiger partial charge in [0, 0.05) is 11.5 Å². The van der Waals surface area contributed by atoms with Crippen LogP contribution in [0.5, 0.6) is 0 Å². The van der Waals surface area contributed by atoms with Crippen LogP contribution in [-0.4, -0.2) is 26.6 Å². The highest BCUT2D eigenvalue weighted by Gasteiger charge is 2.52. The predicted octanol–water partition coefficient (Wildman–Crippen LogP) is 6.28. The van der Waals surface area contributed by atoms with E-state index in [-0.39, 0.29) is 23.0 Å². The highest BCUT2D eigenvalue weighted by molar-refractivity contribution is 6.99. The zero-order valence-electron chi connectivity index (χ0n) is 23.1. The number of nitrogens with zero attached hydrogens (tertiary/aromatic N) is 1. The topological polar surface area (TPSA) is 38.8 Å². The summed E-state index contributed by atoms with van der Waals surface area (Å²) >= 11 is 0. The van der Waals surface area contributed by atoms with Crippen LogP contribution in [0.4, 0.5) is 5.69 Å². The first-order chi connectivity index (χ1) is 17.7. The smallest absolute Gasteiger partial charge is 0.261 e. The largest absolute Gasteiger partial charge is 0.400 e. The Morgan fingerprint density at radius 2 is 1.49 bits per heavy atom. The molecular formula is C32H41NO3Si. The fourth-order valence-electron chi connectivity index (χ4n) is 5.67. The molecule has 1 heterocycles. The molecule has 3 aromatic rings. The Balaban J connectivity index is 1.81. The molecular weight excluding hydrogens is 474 g/mol. The van der Waals surface area contributed by atoms with Gasteiger partial charge in [0.2, 0.25) is 5.91 Å². The molecule has 0 spiro atoms. The molecule has 1 amide bonds. The molecule has 4 rings (SSSR count). The summed E-state index contributed by atoms with van der Waals surface area (Å²) in [5.74, 6) is -0.000724. The van der Waals surface area contributed by atoms with E-state index in [2.05, 4.69) is 95.3 Å². The number of hydrogen-bond acceptors (Lipinski definition) is 3. The van der Waals surface area contributed by atoms with Crippen LogP contribution >= 0.6 is 0 Å². The number of rotatable bonds is 8. The molecule has 1 aliphatic heterocycles. The standard InChI is InChI=1S/C32H41NO3Si/c1-7-16-24(2)30(34)33-29-22-15-14-17-26(29)23-35-31(33)25(3)36-37(32(4,5)6,27-18-10-8-11-19-27)28-20-12-9-13-21-28/h8-15,17-22,24-25,31H,7,16,23H2,1-6H3/t24-,25-,31-/m0/s1. The molecule has 0 radical (unpaired) electrons. The molecule has 3 aromatic carbocycles. The monoisotopic (exact) mass is 515 g/mol. The minimum atomic E-state index is -2.81. The summed E-state index contributed by atoms with van der Waals surface area (Å²) in [6, 6.07) is 29.3. The van der Waals surface area contributed by atoms with E-state index < -0.39 is 14.5 Å². The Bertz CT molecular complexity index is 1140. The number of benzene rings is 3. The van der Waals surface area contributed by atoms with Gasteiger partial charge >= 0.3 is 0 Å². The summed E-state index contributed by atoms with van der Waals surface area (Å²) in [5.41, 5.74) is 1.97. The molecule has 4 nitrogen and oxygen atoms in total. The van der Waals surface area contributed by atoms with Crippen LogP contribution in [0.2, 0.25) is 5.04 Å². The van der Waals surface area contributed by atoms with Gasteiger partial charge in [-0.25, -0.2) is 0 Å². The third-order valence-electron chi connectivity index (χ3n) is 7.48. The molecule has 0 aromatic heterocycles. The Morgan fingerprint density at radius 3 is 2.03 bits per heavy atom. The van der Waals surface area contributed by atoms with Gasteiger partial charge < -0.3 is 9.16 Å². The van der Waals surface area contributed by atoms with Gasteiger partial charge in [-0.2, -0.15) is 0 Å². The molecule has 0 bridgehead atoms. The Kier molecular flexibility index (Phi) is 8.37. The lowest BCUT2D eigenvalue weighted by Gasteiger charge is -2.48. The van der Waals surface area contributed by atoms with Gasteiger partial charge in [0.05, 0.1) is 18.4 Å². The van der Waals surface area contributed by atoms with Crippen LogP contribution < -0.4 is 15.3 Å². The number of ether oxygens (including phenoxy) is 1. The van der Waals surface area contributed by atoms with Crippen LogP contribution in [-0.2, 0) is 20.6 Å². The molecule has 0 fully saturated rings. The molecule has 0 saturated heterocycles. The maximum absolute atomic E-state index is 13.9. The maximum atomic E-state index is 13.9. The van der Waals surface area contributed by atoms with Crippen molar-refractivity contribution in [3.8, 4) is 0 Å². The number of fused-ring (bicyclic) bond motifs is 1. The van der Waals surface area contributed by atoms with Gasteiger partial charge in [-0.3, -0.25) is 9.69 Å². The van der Waals surface area contributed by atoms with Crippen molar-refractivity contribution < 1.29 is 14.0 Å². The average Bonchev–Trinajstić information content (AvgIpc) is 2.91. The van der Waals surface area contributed by atoms with Gasteiger partial charge in [0.1, 0.15) is 0 Å². The molecule has 0 N–H and O–H groups in total. The van der Waals surface area contributed by atoms with E-state index >= 15 is 0 Å². The Morgan fingerprint density at radius 1 is 0.946 bits per heavy atom. The Labute approximate surface area is 223 Å². The van der Waals surface area contributed by atoms with E-state index in [1.165, 1.54) is 10.4 Å². The molecule has 0 saturated carbocycles. The summed E-state index contributed by atoms with van der Waals surface area (Å²) in [6.07, 6.45) is 0.941. The normalized spacial score (nSPS) is 17.7. The average molecular weight is 516 g/mol. The van der Waals surface area contributed by atoms with Gasteiger partial charge in [0.15, 0.2) is 6.23 Å². The fraction of sp³-hybridized carbons (Fsp3) is 0.406. The molecule has 37 heavy (non-hydrogen) atoms. The van der Waals surface area contributed by atoms with Crippen molar-refractivity contribution in [2.24, 2.45) is 5.92 Å². The van der Waals surface area contributed by atoms with E-state index in [1.54, 1.807) is 0 Å². The lowest BCUT2D eigenvalue weighted by atomic mass is 10.0. The first kappa shape index (κ1) is 27.3. The number of amides is 1. The van der Waals surface area contributed by atoms with Crippen molar-refractivity contribution in [3.63, 3.8) is 0 Å². The highest BCUT2D eigenvalue weighted by atomic mass is 28.4. The minimum Gasteiger partial charge on any atom is -0.400 e. The van der Waals surface area contributed by atoms with E-state index in [9.17, 15) is 4.79 Å². The zero-order chi connectivity index (χ0) is 26.6. The molecule has 0 unspecified atom stereocenters. The number of anilines is 1. The van der Waals surface area contributed by atoms with Gasteiger partial charge in [0.25, 0.3) is 8.32 Å². The summed E-state index contributed by atoms with van der Waals surface area (Å²) < 4.78 is 13.8. The van der Waals surface area contributed by atoms with Crippen LogP contribution in [0.1, 0.15) is 59.9 Å². The number of carbonyl (C=O) groups is 1. The van der Waals surface area contributed by atoms with Crippen molar-refractivity contribution >= 4 is 30.3 Å². The summed E-state index contributed by atoms with van der Waals surface area (Å²) in [4.78, 5) is 15.7. The first-order valence-electron chi connectivity index (χ1n) is 13.5. The number of hydrogen-bond donors (Lipinski definition) is 0. The molecule has 1 aliphatic rings. The predicted molar refractivity (Wildman–Crippen MR) is 155 cm³/mol. The molecule has 5 heteroatoms. The van der Waals surface area contributed by atoms with Gasteiger partial charge in [-0.05, 0) is 34.8 Å². The third kappa shape index (κ3) is 5.31. The van der Waals surface area contributed by atoms with Gasteiger partial charge in [-0.1, -0.05) is 120 Å². The molecule has 0 aliphatic carbocycles. The highest BCUT2D eigenvalue weighted by Crippen LogP contribution is 2.40. The van der Waals surface area contributed by atoms with E-state index in [0.717, 1.165) is 24.1 Å². The summed E-state index contributed by atoms with van der Waals surface area (Å²) in [6.45, 7) is 13.5. The van der Waals surface area contributed by atoms with E-state index in [1.807, 2.05) is 36.1 Å². The second kappa shape index (κ2) is 11.3. The first-order valence-corrected chi connectivity index (χ1v) is 15.4. The van der Waals surface area contributed by atoms with Crippen LogP contribution in [0.3, 0.4) is 0 Å². The number of carbonyl (C=O) groups excluding carboxylic acids is 1. The third-order valence-corrected chi connectivity index (χ3v) is 12.6. The maximum Gasteiger partial charge on any atom is 0.261 e. The second-order valence-corrected chi connectivity index (χ2v) is 15.5. The zero-order valence-corrected chi connectivity index (χ0v) is 24.1. The quantitative estimate of drug-likeness (QED) is 0.332. The summed E-state index contributed by atoms with van der Waals surface area (Å²) in [5, 5.41) is 2.27. The van der Waals surface area contributed by atoms with Crippen LogP contribution in [0, 0.1) is 5.92 Å². The SMILES string of the molecule is CCC[C@H](C)C(=O)N1c2ccccc2CO[C@H]1[C@H](C)O[Si](c1ccccc1)(c1ccccc1)C(C)(C)C. The van der Waals surface area contributed by atoms with Crippen molar-refractivity contribution in [2.45, 2.75) is 78.4 Å². The van der Waals surface area contributed by atoms with E-state index in [0.29, 0.717) is 6.61 Å². The van der Waals surface area contributed by atoms with Crippen molar-refractivity contribution in [1.29, 1.82) is 0 Å². The molecule has 3 atom stereocenters. The van der Waals surface area contributed by atoms with Crippen molar-refractivity contribution in [1.82, 2.24) is 0 Å². The lowest BCUT2D eigenvalue weighted by Crippen LogP contribution is -2.69. The van der Waals surface area contributed by atoms with Gasteiger partial charge in [-0.15, -0.1) is 0 Å². The Hall–Kier alpha value is -2.73. The second-order valence-electron chi connectivity index (χ2n) is 11.2. The van der Waals surface area contributed by atoms with Crippen LogP contribution in [0.15, 0.2) is 84.9 Å². The van der Waals surface area contributed by atoms with Crippen LogP contribution in [0.25, 0.3) is 0 Å². The fourth-order valence-corrected chi connectivity index (χ4v) is 10.4. The minimum absolute atomic E-state index is 0.0943. The summed E-state index contributed by atoms with van der Waals surface area (Å²) in [7, 11) is -2.81. The van der Waals surface area contributed by atoms with Crippen molar-refractivity contribution in [3.05, 3.63) is 90.5 Å².